The number of halogens is 1. The van der Waals surface area contributed by atoms with Crippen molar-refractivity contribution in [2.45, 2.75) is 6.92 Å². The van der Waals surface area contributed by atoms with Crippen molar-refractivity contribution < 1.29 is 13.9 Å². The summed E-state index contributed by atoms with van der Waals surface area (Å²) in [6.45, 7) is 1.72. The molecule has 7 heteroatoms. The van der Waals surface area contributed by atoms with Gasteiger partial charge in [0.05, 0.1) is 18.4 Å². The Bertz CT molecular complexity index is 881. The van der Waals surface area contributed by atoms with E-state index in [-0.39, 0.29) is 11.5 Å². The number of amides is 1. The van der Waals surface area contributed by atoms with Crippen molar-refractivity contribution >= 4 is 22.9 Å². The fraction of sp³-hybridized carbons (Fsp3) is 0.118. The maximum absolute atomic E-state index is 14.2. The first-order valence-electron chi connectivity index (χ1n) is 7.12. The number of pyridine rings is 1. The number of methoxy groups -OCH3 is 1. The van der Waals surface area contributed by atoms with E-state index < -0.39 is 5.82 Å². The second-order valence-electron chi connectivity index (χ2n) is 4.94. The van der Waals surface area contributed by atoms with Crippen molar-refractivity contribution in [3.05, 3.63) is 59.1 Å². The van der Waals surface area contributed by atoms with E-state index in [0.717, 1.165) is 11.3 Å². The Morgan fingerprint density at radius 1 is 1.25 bits per heavy atom. The first kappa shape index (κ1) is 16.1. The summed E-state index contributed by atoms with van der Waals surface area (Å²) < 4.78 is 19.4. The lowest BCUT2D eigenvalue weighted by molar-refractivity contribution is 0.103. The molecule has 0 unspecified atom stereocenters. The van der Waals surface area contributed by atoms with Crippen LogP contribution in [0.25, 0.3) is 10.6 Å². The molecule has 2 heterocycles. The Morgan fingerprint density at radius 2 is 2.00 bits per heavy atom. The van der Waals surface area contributed by atoms with Gasteiger partial charge in [0.2, 0.25) is 0 Å². The number of hydrogen-bond donors (Lipinski definition) is 1. The lowest BCUT2D eigenvalue weighted by Crippen LogP contribution is -2.11. The van der Waals surface area contributed by atoms with Crippen molar-refractivity contribution in [3.63, 3.8) is 0 Å². The monoisotopic (exact) mass is 343 g/mol. The molecule has 0 radical (unpaired) electrons. The zero-order valence-electron chi connectivity index (χ0n) is 13.0. The largest absolute Gasteiger partial charge is 0.496 e. The van der Waals surface area contributed by atoms with Crippen LogP contribution in [0.5, 0.6) is 5.75 Å². The van der Waals surface area contributed by atoms with E-state index in [9.17, 15) is 9.18 Å². The third kappa shape index (κ3) is 3.11. The normalized spacial score (nSPS) is 10.5. The SMILES string of the molecule is COc1cccc(F)c1-c1nc(C)c(C(=O)Nc2ccncc2)s1. The van der Waals surface area contributed by atoms with Crippen LogP contribution >= 0.6 is 11.3 Å². The molecule has 2 aromatic heterocycles. The molecule has 5 nitrogen and oxygen atoms in total. The highest BCUT2D eigenvalue weighted by Crippen LogP contribution is 2.36. The van der Waals surface area contributed by atoms with E-state index in [1.165, 1.54) is 13.2 Å². The van der Waals surface area contributed by atoms with Crippen LogP contribution in [0.1, 0.15) is 15.4 Å². The molecule has 0 saturated carbocycles. The Hall–Kier alpha value is -2.80. The highest BCUT2D eigenvalue weighted by atomic mass is 32.1. The number of nitrogens with one attached hydrogen (secondary N) is 1. The van der Waals surface area contributed by atoms with Gasteiger partial charge < -0.3 is 10.1 Å². The summed E-state index contributed by atoms with van der Waals surface area (Å²) in [5.41, 5.74) is 1.43. The number of carbonyl (C=O) groups excluding carboxylic acids is 1. The number of thiazole rings is 1. The third-order valence-corrected chi connectivity index (χ3v) is 4.52. The van der Waals surface area contributed by atoms with E-state index in [2.05, 4.69) is 15.3 Å². The van der Waals surface area contributed by atoms with Crippen LogP contribution in [-0.2, 0) is 0 Å². The molecule has 0 spiro atoms. The minimum atomic E-state index is -0.441. The minimum Gasteiger partial charge on any atom is -0.496 e. The molecule has 122 valence electrons. The predicted molar refractivity (Wildman–Crippen MR) is 91.0 cm³/mol. The van der Waals surface area contributed by atoms with Crippen LogP contribution in [0.3, 0.4) is 0 Å². The molecule has 24 heavy (non-hydrogen) atoms. The second-order valence-corrected chi connectivity index (χ2v) is 5.94. The van der Waals surface area contributed by atoms with Crippen LogP contribution < -0.4 is 10.1 Å². The number of benzene rings is 1. The lowest BCUT2D eigenvalue weighted by Gasteiger charge is -2.06. The maximum atomic E-state index is 14.2. The van der Waals surface area contributed by atoms with Crippen molar-refractivity contribution in [1.29, 1.82) is 0 Å². The number of nitrogens with zero attached hydrogens (tertiary/aromatic N) is 2. The van der Waals surface area contributed by atoms with Gasteiger partial charge in [0.1, 0.15) is 21.5 Å². The highest BCUT2D eigenvalue weighted by molar-refractivity contribution is 7.17. The number of anilines is 1. The molecule has 0 bridgehead atoms. The number of hydrogen-bond acceptors (Lipinski definition) is 5. The van der Waals surface area contributed by atoms with Crippen molar-refractivity contribution in [1.82, 2.24) is 9.97 Å². The number of carbonyl (C=O) groups is 1. The average molecular weight is 343 g/mol. The van der Waals surface area contributed by atoms with Gasteiger partial charge >= 0.3 is 0 Å². The summed E-state index contributed by atoms with van der Waals surface area (Å²) >= 11 is 1.12. The number of rotatable bonds is 4. The van der Waals surface area contributed by atoms with Crippen LogP contribution in [0.15, 0.2) is 42.7 Å². The predicted octanol–water partition coefficient (Wildman–Crippen LogP) is 3.91. The van der Waals surface area contributed by atoms with Crippen molar-refractivity contribution in [3.8, 4) is 16.3 Å². The molecule has 0 atom stereocenters. The van der Waals surface area contributed by atoms with Crippen molar-refractivity contribution in [2.75, 3.05) is 12.4 Å². The zero-order chi connectivity index (χ0) is 17.1. The van der Waals surface area contributed by atoms with Gasteiger partial charge in [-0.05, 0) is 31.2 Å². The summed E-state index contributed by atoms with van der Waals surface area (Å²) in [5, 5.41) is 3.18. The Balaban J connectivity index is 1.95. The van der Waals surface area contributed by atoms with Gasteiger partial charge in [0.15, 0.2) is 0 Å². The van der Waals surface area contributed by atoms with Gasteiger partial charge in [-0.3, -0.25) is 9.78 Å². The molecule has 3 aromatic rings. The van der Waals surface area contributed by atoms with Gasteiger partial charge in [0.25, 0.3) is 5.91 Å². The first-order chi connectivity index (χ1) is 11.6. The average Bonchev–Trinajstić information content (AvgIpc) is 2.97. The van der Waals surface area contributed by atoms with Crippen LogP contribution in [0, 0.1) is 12.7 Å². The van der Waals surface area contributed by atoms with E-state index in [0.29, 0.717) is 27.0 Å². The highest BCUT2D eigenvalue weighted by Gasteiger charge is 2.20. The molecule has 1 aromatic carbocycles. The minimum absolute atomic E-state index is 0.260. The van der Waals surface area contributed by atoms with Crippen molar-refractivity contribution in [2.24, 2.45) is 0 Å². The zero-order valence-corrected chi connectivity index (χ0v) is 13.9. The van der Waals surface area contributed by atoms with E-state index in [1.807, 2.05) is 0 Å². The number of aryl methyl sites for hydroxylation is 1. The van der Waals surface area contributed by atoms with Gasteiger partial charge in [0, 0.05) is 18.1 Å². The molecular formula is C17H14FN3O2S. The summed E-state index contributed by atoms with van der Waals surface area (Å²) in [5.74, 6) is -0.355. The Kier molecular flexibility index (Phi) is 4.52. The topological polar surface area (TPSA) is 64.1 Å². The van der Waals surface area contributed by atoms with Gasteiger partial charge in [-0.1, -0.05) is 6.07 Å². The molecule has 1 amide bonds. The van der Waals surface area contributed by atoms with Gasteiger partial charge in [-0.15, -0.1) is 11.3 Å². The Labute approximate surface area is 142 Å². The quantitative estimate of drug-likeness (QED) is 0.780. The van der Waals surface area contributed by atoms with E-state index in [4.69, 9.17) is 4.74 Å². The van der Waals surface area contributed by atoms with Crippen LogP contribution in [0.2, 0.25) is 0 Å². The smallest absolute Gasteiger partial charge is 0.267 e. The number of aromatic nitrogens is 2. The summed E-state index contributed by atoms with van der Waals surface area (Å²) in [6.07, 6.45) is 3.18. The first-order valence-corrected chi connectivity index (χ1v) is 7.93. The van der Waals surface area contributed by atoms with Gasteiger partial charge in [-0.2, -0.15) is 0 Å². The standard InChI is InChI=1S/C17H14FN3O2S/c1-10-15(16(22)21-11-6-8-19-9-7-11)24-17(20-10)14-12(18)4-3-5-13(14)23-2/h3-9H,1-2H3,(H,19,21,22). The molecule has 0 aliphatic carbocycles. The lowest BCUT2D eigenvalue weighted by atomic mass is 10.2. The summed E-state index contributed by atoms with van der Waals surface area (Å²) in [6, 6.07) is 7.94. The fourth-order valence-electron chi connectivity index (χ4n) is 2.22. The molecule has 0 fully saturated rings. The Morgan fingerprint density at radius 3 is 2.71 bits per heavy atom. The fourth-order valence-corrected chi connectivity index (χ4v) is 3.23. The van der Waals surface area contributed by atoms with Crippen LogP contribution in [-0.4, -0.2) is 23.0 Å². The van der Waals surface area contributed by atoms with Gasteiger partial charge in [-0.25, -0.2) is 9.37 Å². The molecular weight excluding hydrogens is 329 g/mol. The van der Waals surface area contributed by atoms with E-state index >= 15 is 0 Å². The molecule has 3 rings (SSSR count). The maximum Gasteiger partial charge on any atom is 0.267 e. The molecule has 1 N–H and O–H groups in total. The number of ether oxygens (including phenoxy) is 1. The second kappa shape index (κ2) is 6.76. The summed E-state index contributed by atoms with van der Waals surface area (Å²) in [7, 11) is 1.47. The van der Waals surface area contributed by atoms with Crippen LogP contribution in [0.4, 0.5) is 10.1 Å². The van der Waals surface area contributed by atoms with E-state index in [1.54, 1.807) is 43.6 Å². The molecule has 0 saturated heterocycles. The molecule has 0 aliphatic heterocycles. The summed E-state index contributed by atoms with van der Waals surface area (Å²) in [4.78, 5) is 21.1. The molecule has 0 aliphatic rings. The third-order valence-electron chi connectivity index (χ3n) is 3.35.